The fourth-order valence-corrected chi connectivity index (χ4v) is 4.67. The summed E-state index contributed by atoms with van der Waals surface area (Å²) in [5.74, 6) is -0.555. The first-order valence-corrected chi connectivity index (χ1v) is 11.5. The van der Waals surface area contributed by atoms with E-state index in [1.807, 2.05) is 0 Å². The molecule has 2 saturated heterocycles. The molecule has 0 saturated carbocycles. The van der Waals surface area contributed by atoms with Gasteiger partial charge in [0.05, 0.1) is 31.0 Å². The molecular formula is C19H28F3N5O4S. The van der Waals surface area contributed by atoms with Crippen molar-refractivity contribution in [2.75, 3.05) is 50.9 Å². The number of likely N-dealkylation sites (tertiary alicyclic amines) is 1. The minimum atomic E-state index is -4.46. The molecule has 13 heteroatoms. The Morgan fingerprint density at radius 1 is 1.19 bits per heavy atom. The Morgan fingerprint density at radius 3 is 2.44 bits per heavy atom. The number of anilines is 1. The van der Waals surface area contributed by atoms with Crippen LogP contribution in [0.25, 0.3) is 0 Å². The molecule has 3 rings (SSSR count). The van der Waals surface area contributed by atoms with Crippen LogP contribution in [0.3, 0.4) is 0 Å². The molecule has 32 heavy (non-hydrogen) atoms. The molecule has 3 heterocycles. The number of carbonyl (C=O) groups is 2. The highest BCUT2D eigenvalue weighted by molar-refractivity contribution is 8.00. The van der Waals surface area contributed by atoms with E-state index in [0.717, 1.165) is 16.3 Å². The Kier molecular flexibility index (Phi) is 8.26. The Bertz CT molecular complexity index is 792. The van der Waals surface area contributed by atoms with Crippen LogP contribution >= 0.6 is 11.8 Å². The van der Waals surface area contributed by atoms with Gasteiger partial charge in [-0.1, -0.05) is 11.8 Å². The lowest BCUT2D eigenvalue weighted by atomic mass is 9.97. The third kappa shape index (κ3) is 6.27. The second-order valence-electron chi connectivity index (χ2n) is 7.70. The van der Waals surface area contributed by atoms with E-state index in [9.17, 15) is 22.8 Å². The molecule has 1 amide bonds. The average molecular weight is 480 g/mol. The third-order valence-electron chi connectivity index (χ3n) is 5.39. The third-order valence-corrected chi connectivity index (χ3v) is 6.45. The van der Waals surface area contributed by atoms with Crippen LogP contribution in [0.2, 0.25) is 0 Å². The van der Waals surface area contributed by atoms with Gasteiger partial charge in [-0.3, -0.25) is 14.2 Å². The van der Waals surface area contributed by atoms with E-state index in [-0.39, 0.29) is 28.9 Å². The summed E-state index contributed by atoms with van der Waals surface area (Å²) in [7, 11) is 0. The fourth-order valence-electron chi connectivity index (χ4n) is 3.74. The lowest BCUT2D eigenvalue weighted by Gasteiger charge is -2.32. The van der Waals surface area contributed by atoms with Gasteiger partial charge in [0.2, 0.25) is 11.9 Å². The molecule has 1 aromatic rings. The van der Waals surface area contributed by atoms with Gasteiger partial charge in [0.15, 0.2) is 5.16 Å². The van der Waals surface area contributed by atoms with Crippen LogP contribution in [0.15, 0.2) is 5.16 Å². The molecule has 180 valence electrons. The van der Waals surface area contributed by atoms with Crippen molar-refractivity contribution in [3.05, 3.63) is 0 Å². The van der Waals surface area contributed by atoms with Crippen molar-refractivity contribution < 1.29 is 32.2 Å². The van der Waals surface area contributed by atoms with E-state index in [1.54, 1.807) is 23.6 Å². The molecule has 2 aliphatic rings. The van der Waals surface area contributed by atoms with Crippen LogP contribution in [-0.2, 0) is 25.6 Å². The number of rotatable bonds is 7. The molecule has 0 spiro atoms. The molecule has 0 aliphatic carbocycles. The van der Waals surface area contributed by atoms with Crippen LogP contribution in [0, 0.1) is 5.92 Å². The molecule has 2 aliphatic heterocycles. The second kappa shape index (κ2) is 10.7. The monoisotopic (exact) mass is 479 g/mol. The predicted molar refractivity (Wildman–Crippen MR) is 110 cm³/mol. The zero-order chi connectivity index (χ0) is 23.3. The van der Waals surface area contributed by atoms with Gasteiger partial charge in [-0.15, -0.1) is 10.2 Å². The SMILES string of the molecule is CCOC(=O)C1CCN(C(=O)C(C)Sc2nnc(N3CCOCC3)n2CC(F)(F)F)CC1. The Hall–Kier alpha value is -2.02. The number of hydrogen-bond donors (Lipinski definition) is 0. The fraction of sp³-hybridized carbons (Fsp3) is 0.789. The molecule has 2 fully saturated rings. The van der Waals surface area contributed by atoms with Crippen molar-refractivity contribution in [3.63, 3.8) is 0 Å². The highest BCUT2D eigenvalue weighted by Crippen LogP contribution is 2.31. The summed E-state index contributed by atoms with van der Waals surface area (Å²) in [4.78, 5) is 28.1. The van der Waals surface area contributed by atoms with E-state index < -0.39 is 18.0 Å². The van der Waals surface area contributed by atoms with Gasteiger partial charge in [0.25, 0.3) is 0 Å². The van der Waals surface area contributed by atoms with Crippen LogP contribution in [0.4, 0.5) is 19.1 Å². The lowest BCUT2D eigenvalue weighted by molar-refractivity contribution is -0.151. The molecule has 1 unspecified atom stereocenters. The number of aromatic nitrogens is 3. The van der Waals surface area contributed by atoms with E-state index in [1.165, 1.54) is 0 Å². The summed E-state index contributed by atoms with van der Waals surface area (Å²) < 4.78 is 51.1. The highest BCUT2D eigenvalue weighted by atomic mass is 32.2. The smallest absolute Gasteiger partial charge is 0.406 e. The zero-order valence-corrected chi connectivity index (χ0v) is 19.0. The average Bonchev–Trinajstić information content (AvgIpc) is 3.14. The molecule has 0 bridgehead atoms. The van der Waals surface area contributed by atoms with Gasteiger partial charge < -0.3 is 19.3 Å². The molecule has 1 atom stereocenters. The number of alkyl halides is 3. The van der Waals surface area contributed by atoms with Gasteiger partial charge in [-0.05, 0) is 26.7 Å². The number of esters is 1. The van der Waals surface area contributed by atoms with E-state index in [2.05, 4.69) is 10.2 Å². The second-order valence-corrected chi connectivity index (χ2v) is 9.00. The van der Waals surface area contributed by atoms with Gasteiger partial charge in [-0.2, -0.15) is 13.2 Å². The van der Waals surface area contributed by atoms with Gasteiger partial charge in [-0.25, -0.2) is 0 Å². The molecule has 0 N–H and O–H groups in total. The molecule has 0 aromatic carbocycles. The maximum Gasteiger partial charge on any atom is 0.406 e. The van der Waals surface area contributed by atoms with E-state index in [0.29, 0.717) is 58.8 Å². The maximum atomic E-state index is 13.2. The summed E-state index contributed by atoms with van der Waals surface area (Å²) in [6.45, 7) is 4.93. The quantitative estimate of drug-likeness (QED) is 0.433. The number of thioether (sulfide) groups is 1. The highest BCUT2D eigenvalue weighted by Gasteiger charge is 2.35. The normalized spacial score (nSPS) is 19.2. The minimum Gasteiger partial charge on any atom is -0.466 e. The van der Waals surface area contributed by atoms with Crippen molar-refractivity contribution in [1.29, 1.82) is 0 Å². The number of morpholine rings is 1. The van der Waals surface area contributed by atoms with Crippen molar-refractivity contribution in [1.82, 2.24) is 19.7 Å². The summed E-state index contributed by atoms with van der Waals surface area (Å²) in [5, 5.41) is 7.34. The first-order valence-electron chi connectivity index (χ1n) is 10.6. The zero-order valence-electron chi connectivity index (χ0n) is 18.1. The summed E-state index contributed by atoms with van der Waals surface area (Å²) >= 11 is 0.961. The van der Waals surface area contributed by atoms with Crippen LogP contribution in [0.5, 0.6) is 0 Å². The number of piperidine rings is 1. The number of ether oxygens (including phenoxy) is 2. The van der Waals surface area contributed by atoms with Crippen LogP contribution in [0.1, 0.15) is 26.7 Å². The topological polar surface area (TPSA) is 89.8 Å². The number of hydrogen-bond acceptors (Lipinski definition) is 8. The molecular weight excluding hydrogens is 451 g/mol. The van der Waals surface area contributed by atoms with Gasteiger partial charge in [0.1, 0.15) is 6.54 Å². The standard InChI is InChI=1S/C19H28F3N5O4S/c1-3-31-16(29)14-4-6-25(7-5-14)15(28)13(2)32-18-24-23-17(26-8-10-30-11-9-26)27(18)12-19(20,21)22/h13-14H,3-12H2,1-2H3. The largest absolute Gasteiger partial charge is 0.466 e. The van der Waals surface area contributed by atoms with Crippen molar-refractivity contribution in [2.45, 2.75) is 49.8 Å². The van der Waals surface area contributed by atoms with Crippen molar-refractivity contribution >= 4 is 29.6 Å². The first kappa shape index (κ1) is 24.6. The number of halogens is 3. The van der Waals surface area contributed by atoms with Gasteiger partial charge in [0, 0.05) is 26.2 Å². The van der Waals surface area contributed by atoms with E-state index >= 15 is 0 Å². The van der Waals surface area contributed by atoms with Crippen LogP contribution < -0.4 is 4.90 Å². The summed E-state index contributed by atoms with van der Waals surface area (Å²) in [6, 6.07) is 0. The van der Waals surface area contributed by atoms with Crippen molar-refractivity contribution in [2.24, 2.45) is 5.92 Å². The minimum absolute atomic E-state index is 0.0473. The Balaban J connectivity index is 1.66. The summed E-state index contributed by atoms with van der Waals surface area (Å²) in [5.41, 5.74) is 0. The number of amides is 1. The number of carbonyl (C=O) groups excluding carboxylic acids is 2. The van der Waals surface area contributed by atoms with Crippen molar-refractivity contribution in [3.8, 4) is 0 Å². The lowest BCUT2D eigenvalue weighted by Crippen LogP contribution is -2.43. The van der Waals surface area contributed by atoms with Gasteiger partial charge >= 0.3 is 12.1 Å². The predicted octanol–water partition coefficient (Wildman–Crippen LogP) is 1.96. The van der Waals surface area contributed by atoms with Crippen LogP contribution in [-0.4, -0.2) is 89.0 Å². The molecule has 9 nitrogen and oxygen atoms in total. The first-order chi connectivity index (χ1) is 15.2. The van der Waals surface area contributed by atoms with E-state index in [4.69, 9.17) is 9.47 Å². The maximum absolute atomic E-state index is 13.2. The molecule has 1 aromatic heterocycles. The summed E-state index contributed by atoms with van der Waals surface area (Å²) in [6.07, 6.45) is -3.44. The number of nitrogens with zero attached hydrogens (tertiary/aromatic N) is 5. The Labute approximate surface area is 188 Å². The Morgan fingerprint density at radius 2 is 1.84 bits per heavy atom. The molecule has 0 radical (unpaired) electrons.